The minimum absolute atomic E-state index is 0.157. The van der Waals surface area contributed by atoms with Gasteiger partial charge in [-0.15, -0.1) is 0 Å². The molecule has 0 atom stereocenters. The highest BCUT2D eigenvalue weighted by atomic mass is 16.2. The number of carbonyl (C=O) groups is 1. The van der Waals surface area contributed by atoms with E-state index in [9.17, 15) is 4.79 Å². The zero-order valence-corrected chi connectivity index (χ0v) is 12.6. The molecule has 0 saturated carbocycles. The van der Waals surface area contributed by atoms with E-state index in [4.69, 9.17) is 0 Å². The summed E-state index contributed by atoms with van der Waals surface area (Å²) in [5.74, 6) is 0. The second kappa shape index (κ2) is 6.74. The average Bonchev–Trinajstić information content (AvgIpc) is 2.48. The normalized spacial score (nSPS) is 10.0. The molecule has 2 rings (SSSR count). The van der Waals surface area contributed by atoms with Crippen LogP contribution in [0.15, 0.2) is 48.7 Å². The van der Waals surface area contributed by atoms with Crippen molar-refractivity contribution in [3.8, 4) is 0 Å². The number of hydrogen-bond acceptors (Lipinski definition) is 3. The van der Waals surface area contributed by atoms with E-state index in [0.717, 1.165) is 17.1 Å². The number of carbonyl (C=O) groups excluding carboxylic acids is 1. The lowest BCUT2D eigenvalue weighted by molar-refractivity contribution is 0.220. The number of aromatic nitrogens is 1. The van der Waals surface area contributed by atoms with Gasteiger partial charge in [-0.2, -0.15) is 0 Å². The minimum Gasteiger partial charge on any atom is -0.376 e. The van der Waals surface area contributed by atoms with Gasteiger partial charge < -0.3 is 15.1 Å². The van der Waals surface area contributed by atoms with Crippen molar-refractivity contribution >= 4 is 17.4 Å². The van der Waals surface area contributed by atoms with E-state index in [2.05, 4.69) is 10.3 Å². The summed E-state index contributed by atoms with van der Waals surface area (Å²) in [7, 11) is 5.65. The summed E-state index contributed by atoms with van der Waals surface area (Å²) in [6.07, 6.45) is 1.72. The number of amides is 2. The molecule has 5 nitrogen and oxygen atoms in total. The zero-order chi connectivity index (χ0) is 15.2. The lowest BCUT2D eigenvalue weighted by Gasteiger charge is -2.21. The Bertz CT molecular complexity index is 598. The first-order valence-electron chi connectivity index (χ1n) is 6.76. The van der Waals surface area contributed by atoms with Gasteiger partial charge in [0.05, 0.1) is 23.6 Å². The van der Waals surface area contributed by atoms with Crippen LogP contribution in [0.25, 0.3) is 0 Å². The van der Waals surface area contributed by atoms with Crippen molar-refractivity contribution in [2.45, 2.75) is 6.54 Å². The third kappa shape index (κ3) is 3.95. The first kappa shape index (κ1) is 14.8. The lowest BCUT2D eigenvalue weighted by atomic mass is 10.2. The molecule has 0 unspecified atom stereocenters. The largest absolute Gasteiger partial charge is 0.376 e. The summed E-state index contributed by atoms with van der Waals surface area (Å²) in [4.78, 5) is 20.1. The third-order valence-corrected chi connectivity index (χ3v) is 3.10. The van der Waals surface area contributed by atoms with Crippen LogP contribution in [-0.4, -0.2) is 37.1 Å². The molecule has 1 N–H and O–H groups in total. The highest BCUT2D eigenvalue weighted by molar-refractivity contribution is 5.93. The van der Waals surface area contributed by atoms with Gasteiger partial charge in [0, 0.05) is 27.3 Å². The number of pyridine rings is 1. The molecule has 1 heterocycles. The molecule has 110 valence electrons. The van der Waals surface area contributed by atoms with E-state index in [1.54, 1.807) is 18.1 Å². The molecule has 0 aliphatic carbocycles. The molecule has 21 heavy (non-hydrogen) atoms. The molecule has 0 fully saturated rings. The standard InChI is InChI=1S/C16H20N4O/c1-19(2)15-10-5-4-9-14(15)18-16(21)20(3)12-13-8-6-7-11-17-13/h4-11H,12H2,1-3H3,(H,18,21). The second-order valence-corrected chi connectivity index (χ2v) is 5.02. The van der Waals surface area contributed by atoms with Crippen molar-refractivity contribution in [1.82, 2.24) is 9.88 Å². The predicted molar refractivity (Wildman–Crippen MR) is 85.5 cm³/mol. The van der Waals surface area contributed by atoms with Gasteiger partial charge in [0.15, 0.2) is 0 Å². The Balaban J connectivity index is 2.04. The average molecular weight is 284 g/mol. The van der Waals surface area contributed by atoms with Crippen molar-refractivity contribution in [3.63, 3.8) is 0 Å². The molecular weight excluding hydrogens is 264 g/mol. The minimum atomic E-state index is -0.157. The van der Waals surface area contributed by atoms with Crippen molar-refractivity contribution in [1.29, 1.82) is 0 Å². The summed E-state index contributed by atoms with van der Waals surface area (Å²) in [5.41, 5.74) is 2.62. The molecule has 0 bridgehead atoms. The molecule has 2 amide bonds. The Hall–Kier alpha value is -2.56. The van der Waals surface area contributed by atoms with Crippen molar-refractivity contribution in [2.75, 3.05) is 31.4 Å². The van der Waals surface area contributed by atoms with Gasteiger partial charge in [0.1, 0.15) is 0 Å². The highest BCUT2D eigenvalue weighted by Gasteiger charge is 2.12. The number of para-hydroxylation sites is 2. The highest BCUT2D eigenvalue weighted by Crippen LogP contribution is 2.23. The van der Waals surface area contributed by atoms with Crippen LogP contribution >= 0.6 is 0 Å². The maximum absolute atomic E-state index is 12.3. The van der Waals surface area contributed by atoms with E-state index in [1.165, 1.54) is 0 Å². The van der Waals surface area contributed by atoms with Crippen LogP contribution in [0, 0.1) is 0 Å². The van der Waals surface area contributed by atoms with Gasteiger partial charge in [0.25, 0.3) is 0 Å². The third-order valence-electron chi connectivity index (χ3n) is 3.10. The Labute approximate surface area is 125 Å². The molecule has 5 heteroatoms. The summed E-state index contributed by atoms with van der Waals surface area (Å²) in [6, 6.07) is 13.2. The molecule has 0 aliphatic rings. The number of nitrogens with one attached hydrogen (secondary N) is 1. The fourth-order valence-electron chi connectivity index (χ4n) is 1.99. The molecule has 1 aromatic carbocycles. The van der Waals surface area contributed by atoms with Crippen LogP contribution in [0.2, 0.25) is 0 Å². The van der Waals surface area contributed by atoms with Gasteiger partial charge in [-0.05, 0) is 24.3 Å². The van der Waals surface area contributed by atoms with E-state index >= 15 is 0 Å². The Kier molecular flexibility index (Phi) is 4.77. The number of nitrogens with zero attached hydrogens (tertiary/aromatic N) is 3. The number of rotatable bonds is 4. The van der Waals surface area contributed by atoms with Gasteiger partial charge in [-0.25, -0.2) is 4.79 Å². The molecule has 0 spiro atoms. The van der Waals surface area contributed by atoms with Crippen molar-refractivity contribution in [3.05, 3.63) is 54.4 Å². The van der Waals surface area contributed by atoms with Gasteiger partial charge in [-0.1, -0.05) is 18.2 Å². The quantitative estimate of drug-likeness (QED) is 0.939. The van der Waals surface area contributed by atoms with Crippen molar-refractivity contribution < 1.29 is 4.79 Å². The summed E-state index contributed by atoms with van der Waals surface area (Å²) < 4.78 is 0. The van der Waals surface area contributed by atoms with E-state index in [1.807, 2.05) is 61.5 Å². The number of anilines is 2. The monoisotopic (exact) mass is 284 g/mol. The first-order valence-corrected chi connectivity index (χ1v) is 6.76. The van der Waals surface area contributed by atoms with Crippen LogP contribution in [0.4, 0.5) is 16.2 Å². The molecular formula is C16H20N4O. The first-order chi connectivity index (χ1) is 10.1. The summed E-state index contributed by atoms with van der Waals surface area (Å²) >= 11 is 0. The van der Waals surface area contributed by atoms with Gasteiger partial charge in [-0.3, -0.25) is 4.98 Å². The van der Waals surface area contributed by atoms with Gasteiger partial charge in [0.2, 0.25) is 0 Å². The smallest absolute Gasteiger partial charge is 0.321 e. The maximum atomic E-state index is 12.3. The number of benzene rings is 1. The molecule has 0 aliphatic heterocycles. The van der Waals surface area contributed by atoms with Crippen LogP contribution in [0.1, 0.15) is 5.69 Å². The lowest BCUT2D eigenvalue weighted by Crippen LogP contribution is -2.31. The zero-order valence-electron chi connectivity index (χ0n) is 12.6. The SMILES string of the molecule is CN(Cc1ccccn1)C(=O)Nc1ccccc1N(C)C. The van der Waals surface area contributed by atoms with Crippen LogP contribution in [-0.2, 0) is 6.54 Å². The predicted octanol–water partition coefficient (Wildman–Crippen LogP) is 2.81. The van der Waals surface area contributed by atoms with E-state index in [-0.39, 0.29) is 6.03 Å². The molecule has 0 saturated heterocycles. The number of hydrogen-bond donors (Lipinski definition) is 1. The Morgan fingerprint density at radius 1 is 1.10 bits per heavy atom. The van der Waals surface area contributed by atoms with Crippen molar-refractivity contribution in [2.24, 2.45) is 0 Å². The van der Waals surface area contributed by atoms with Crippen LogP contribution < -0.4 is 10.2 Å². The maximum Gasteiger partial charge on any atom is 0.321 e. The van der Waals surface area contributed by atoms with E-state index < -0.39 is 0 Å². The topological polar surface area (TPSA) is 48.5 Å². The molecule has 0 radical (unpaired) electrons. The Morgan fingerprint density at radius 3 is 2.48 bits per heavy atom. The van der Waals surface area contributed by atoms with E-state index in [0.29, 0.717) is 6.54 Å². The molecule has 1 aromatic heterocycles. The Morgan fingerprint density at radius 2 is 1.81 bits per heavy atom. The second-order valence-electron chi connectivity index (χ2n) is 5.02. The molecule has 2 aromatic rings. The summed E-state index contributed by atoms with van der Waals surface area (Å²) in [5, 5.41) is 2.93. The van der Waals surface area contributed by atoms with Crippen LogP contribution in [0.5, 0.6) is 0 Å². The fourth-order valence-corrected chi connectivity index (χ4v) is 1.99. The summed E-state index contributed by atoms with van der Waals surface area (Å²) in [6.45, 7) is 0.469. The fraction of sp³-hybridized carbons (Fsp3) is 0.250. The number of urea groups is 1. The van der Waals surface area contributed by atoms with Gasteiger partial charge >= 0.3 is 6.03 Å². The van der Waals surface area contributed by atoms with Crippen LogP contribution in [0.3, 0.4) is 0 Å².